The molecule has 2 aromatic rings. The standard InChI is InChI=1S/C54H83N9O16S2/c1-38-33-42(34-39(2)52(38)81(77,78)59-44(53(70)71)35-56-49(66)15-6-4-12-41-18-17-40-11-3-5-13-43(40)57-41)79-32-8-16-48(65)55-21-7-14-47(64)45(37-80(74,75)76)58-50(67)20-19-46(54(72)73)63-25-10-23-60-26-27-61(30-31-63)22-9-24-62(29-28-60)36-51(68)69/h17-18,33-34,44-46,59H,3-16,19-32,35-37H2,1-2H3,(H,55,65)(H,56,66)(H,58,67)(H,68,69)(H,70,71)(H,72,73)(H,74,75,76)/t44?,45-,46+/m0/s1. The number of carboxylic acid groups (broad SMARTS) is 3. The highest BCUT2D eigenvalue weighted by molar-refractivity contribution is 7.89. The van der Waals surface area contributed by atoms with Crippen molar-refractivity contribution in [3.05, 3.63) is 52.3 Å². The number of ketones is 1. The first kappa shape index (κ1) is 66.1. The van der Waals surface area contributed by atoms with Crippen molar-refractivity contribution in [2.24, 2.45) is 0 Å². The molecule has 5 atom stereocenters. The molecule has 3 heterocycles. The van der Waals surface area contributed by atoms with Gasteiger partial charge in [0.25, 0.3) is 10.1 Å². The summed E-state index contributed by atoms with van der Waals surface area (Å²) in [4.78, 5) is 101. The first-order valence-electron chi connectivity index (χ1n) is 28.1. The van der Waals surface area contributed by atoms with Crippen LogP contribution in [0.1, 0.15) is 112 Å². The normalized spacial score (nSPS) is 18.8. The van der Waals surface area contributed by atoms with Gasteiger partial charge >= 0.3 is 17.9 Å². The maximum absolute atomic E-state index is 13.5. The third kappa shape index (κ3) is 23.6. The summed E-state index contributed by atoms with van der Waals surface area (Å²) in [5, 5.41) is 37.0. The van der Waals surface area contributed by atoms with E-state index in [2.05, 4.69) is 36.5 Å². The van der Waals surface area contributed by atoms with Gasteiger partial charge in [-0.1, -0.05) is 6.07 Å². The fourth-order valence-corrected chi connectivity index (χ4v) is 12.8. The summed E-state index contributed by atoms with van der Waals surface area (Å²) in [6.45, 7) is 8.78. The second-order valence-corrected chi connectivity index (χ2v) is 24.4. The predicted molar refractivity (Wildman–Crippen MR) is 298 cm³/mol. The molecule has 2 aliphatic heterocycles. The zero-order chi connectivity index (χ0) is 59.1. The lowest BCUT2D eigenvalue weighted by Gasteiger charge is -2.37. The quantitative estimate of drug-likeness (QED) is 0.0388. The number of carbonyl (C=O) groups is 7. The lowest BCUT2D eigenvalue weighted by molar-refractivity contribution is -0.144. The van der Waals surface area contributed by atoms with Crippen LogP contribution in [0.3, 0.4) is 0 Å². The third-order valence-electron chi connectivity index (χ3n) is 14.7. The summed E-state index contributed by atoms with van der Waals surface area (Å²) in [7, 11) is -9.13. The minimum Gasteiger partial charge on any atom is -0.494 e. The van der Waals surface area contributed by atoms with Crippen molar-refractivity contribution < 1.29 is 75.0 Å². The molecule has 1 aromatic heterocycles. The fourth-order valence-electron chi connectivity index (χ4n) is 10.5. The number of hydrogen-bond donors (Lipinski definition) is 8. The van der Waals surface area contributed by atoms with Crippen molar-refractivity contribution in [1.29, 1.82) is 0 Å². The van der Waals surface area contributed by atoms with Crippen LogP contribution in [0.2, 0.25) is 0 Å². The Hall–Kier alpha value is -5.68. The summed E-state index contributed by atoms with van der Waals surface area (Å²) in [6.07, 6.45) is 7.32. The third-order valence-corrected chi connectivity index (χ3v) is 17.3. The van der Waals surface area contributed by atoms with Crippen molar-refractivity contribution in [2.45, 2.75) is 140 Å². The average Bonchev–Trinajstić information content (AvgIpc) is 3.42. The second-order valence-electron chi connectivity index (χ2n) is 21.3. The molecule has 5 rings (SSSR count). The van der Waals surface area contributed by atoms with Gasteiger partial charge < -0.3 is 45.8 Å². The van der Waals surface area contributed by atoms with Gasteiger partial charge in [0.15, 0.2) is 5.78 Å². The number of carboxylic acids is 3. The molecule has 3 amide bonds. The molecule has 25 nitrogen and oxygen atoms in total. The van der Waals surface area contributed by atoms with E-state index in [4.69, 9.17) is 9.72 Å². The number of hydrogen-bond acceptors (Lipinski definition) is 17. The number of aromatic nitrogens is 1. The smallest absolute Gasteiger partial charge is 0.323 e. The molecule has 2 fully saturated rings. The molecule has 27 heteroatoms. The Morgan fingerprint density at radius 3 is 2.01 bits per heavy atom. The molecule has 1 aromatic carbocycles. The Bertz CT molecular complexity index is 2690. The number of aryl methyl sites for hydroxylation is 5. The van der Waals surface area contributed by atoms with E-state index in [0.29, 0.717) is 83.8 Å². The largest absolute Gasteiger partial charge is 0.494 e. The van der Waals surface area contributed by atoms with Gasteiger partial charge in [-0.25, -0.2) is 8.42 Å². The van der Waals surface area contributed by atoms with Gasteiger partial charge in [-0.3, -0.25) is 52.9 Å². The van der Waals surface area contributed by atoms with Gasteiger partial charge in [0.1, 0.15) is 29.6 Å². The maximum Gasteiger partial charge on any atom is 0.323 e. The van der Waals surface area contributed by atoms with Crippen LogP contribution in [-0.4, -0.2) is 218 Å². The number of amides is 3. The van der Waals surface area contributed by atoms with Crippen molar-refractivity contribution in [1.82, 2.24) is 45.3 Å². The number of pyridine rings is 1. The summed E-state index contributed by atoms with van der Waals surface area (Å²) in [5.74, 6) is -6.58. The van der Waals surface area contributed by atoms with Gasteiger partial charge in [0.2, 0.25) is 27.7 Å². The topological polar surface area (TPSA) is 352 Å². The molecule has 0 saturated carbocycles. The number of ether oxygens (including phenoxy) is 1. The van der Waals surface area contributed by atoms with Crippen LogP contribution in [0.4, 0.5) is 0 Å². The Morgan fingerprint density at radius 1 is 0.679 bits per heavy atom. The van der Waals surface area contributed by atoms with E-state index in [1.807, 2.05) is 15.9 Å². The second kappa shape index (κ2) is 32.8. The van der Waals surface area contributed by atoms with Gasteiger partial charge in [0, 0.05) is 103 Å². The number of Topliss-reactive ketones (excluding diaryl/α,β-unsaturated/α-hetero) is 1. The monoisotopic (exact) mass is 1180 g/mol. The Balaban J connectivity index is 1.00. The van der Waals surface area contributed by atoms with Gasteiger partial charge in [-0.2, -0.15) is 13.1 Å². The van der Waals surface area contributed by atoms with Crippen LogP contribution in [0.5, 0.6) is 5.75 Å². The summed E-state index contributed by atoms with van der Waals surface area (Å²) in [5.41, 5.74) is 3.94. The number of rotatable bonds is 31. The zero-order valence-corrected chi connectivity index (χ0v) is 48.3. The van der Waals surface area contributed by atoms with Crippen LogP contribution in [0.25, 0.3) is 0 Å². The van der Waals surface area contributed by atoms with Crippen molar-refractivity contribution >= 4 is 61.6 Å². The molecule has 1 aliphatic carbocycles. The minimum atomic E-state index is -4.74. The lowest BCUT2D eigenvalue weighted by Crippen LogP contribution is -2.51. The first-order valence-corrected chi connectivity index (χ1v) is 31.2. The molecule has 0 spiro atoms. The van der Waals surface area contributed by atoms with Gasteiger partial charge in [-0.15, -0.1) is 0 Å². The molecule has 3 unspecified atom stereocenters. The van der Waals surface area contributed by atoms with E-state index in [-0.39, 0.29) is 86.6 Å². The van der Waals surface area contributed by atoms with Crippen molar-refractivity contribution in [3.8, 4) is 5.75 Å². The molecule has 452 valence electrons. The molecule has 8 N–H and O–H groups in total. The van der Waals surface area contributed by atoms with Crippen LogP contribution >= 0.6 is 0 Å². The summed E-state index contributed by atoms with van der Waals surface area (Å²) in [6, 6.07) is 2.74. The molecule has 3 aliphatic rings. The number of nitrogens with zero attached hydrogens (tertiary/aromatic N) is 5. The van der Waals surface area contributed by atoms with Crippen molar-refractivity contribution in [3.63, 3.8) is 0 Å². The minimum absolute atomic E-state index is 0.00394. The number of benzene rings is 1. The summed E-state index contributed by atoms with van der Waals surface area (Å²) < 4.78 is 68.5. The number of nitrogens with one attached hydrogen (secondary N) is 4. The van der Waals surface area contributed by atoms with E-state index in [0.717, 1.165) is 50.2 Å². The highest BCUT2D eigenvalue weighted by Gasteiger charge is 2.32. The summed E-state index contributed by atoms with van der Waals surface area (Å²) >= 11 is 0. The molecule has 2 saturated heterocycles. The molecule has 0 radical (unpaired) electrons. The molecular weight excluding hydrogens is 1090 g/mol. The van der Waals surface area contributed by atoms with Crippen LogP contribution in [0.15, 0.2) is 29.2 Å². The van der Waals surface area contributed by atoms with Crippen LogP contribution in [-0.2, 0) is 73.0 Å². The number of fused-ring (bicyclic) bond motifs is 4. The van der Waals surface area contributed by atoms with E-state index in [9.17, 15) is 70.3 Å². The number of sulfonamides is 1. The van der Waals surface area contributed by atoms with E-state index >= 15 is 0 Å². The highest BCUT2D eigenvalue weighted by Crippen LogP contribution is 2.27. The molecule has 2 bridgehead atoms. The maximum atomic E-state index is 13.5. The number of carbonyl (C=O) groups excluding carboxylic acids is 4. The highest BCUT2D eigenvalue weighted by atomic mass is 32.2. The zero-order valence-electron chi connectivity index (χ0n) is 46.7. The van der Waals surface area contributed by atoms with Crippen LogP contribution in [0, 0.1) is 13.8 Å². The van der Waals surface area contributed by atoms with Crippen LogP contribution < -0.4 is 25.4 Å². The predicted octanol–water partition coefficient (Wildman–Crippen LogP) is 1.17. The lowest BCUT2D eigenvalue weighted by atomic mass is 9.95. The average molecular weight is 1180 g/mol. The Morgan fingerprint density at radius 2 is 1.33 bits per heavy atom. The van der Waals surface area contributed by atoms with Gasteiger partial charge in [0.05, 0.1) is 18.0 Å². The molecular formula is C54H83N9O16S2. The molecule has 81 heavy (non-hydrogen) atoms. The fraction of sp³-hybridized carbons (Fsp3) is 0.667. The number of aliphatic carboxylic acids is 3. The van der Waals surface area contributed by atoms with E-state index in [1.54, 1.807) is 0 Å². The SMILES string of the molecule is Cc1cc(OCCCC(=O)NCCCC(=O)[C@H](CS(=O)(=O)O)NC(=O)CC[C@H](C(=O)O)N2CCCN3CCN(CCCN(CC(=O)O)CC3)CC2)cc(C)c1S(=O)(=O)NC(CNC(=O)CCCCc1ccc2c(n1)CCCC2)C(=O)O. The Labute approximate surface area is 475 Å². The first-order chi connectivity index (χ1) is 38.5. The van der Waals surface area contributed by atoms with Gasteiger partial charge in [-0.05, 0) is 139 Å². The number of unbranched alkanes of at least 4 members (excludes halogenated alkanes) is 1. The van der Waals surface area contributed by atoms with E-state index in [1.165, 1.54) is 38.0 Å². The van der Waals surface area contributed by atoms with Crippen molar-refractivity contribution in [2.75, 3.05) is 97.4 Å². The Kier molecular flexibility index (Phi) is 26.8. The van der Waals surface area contributed by atoms with E-state index < -0.39 is 86.1 Å².